The average molecular weight is 436 g/mol. The molecule has 0 amide bonds. The van der Waals surface area contributed by atoms with E-state index in [0.29, 0.717) is 33.8 Å². The lowest BCUT2D eigenvalue weighted by molar-refractivity contribution is -0.384. The summed E-state index contributed by atoms with van der Waals surface area (Å²) in [6.45, 7) is 0. The van der Waals surface area contributed by atoms with Gasteiger partial charge in [-0.3, -0.25) is 14.9 Å². The van der Waals surface area contributed by atoms with Gasteiger partial charge in [-0.05, 0) is 36.4 Å². The van der Waals surface area contributed by atoms with E-state index in [1.807, 2.05) is 36.4 Å². The van der Waals surface area contributed by atoms with Gasteiger partial charge in [0.25, 0.3) is 11.2 Å². The summed E-state index contributed by atoms with van der Waals surface area (Å²) in [6.07, 6.45) is 1.44. The Morgan fingerprint density at radius 3 is 2.36 bits per heavy atom. The van der Waals surface area contributed by atoms with Gasteiger partial charge in [-0.2, -0.15) is 9.78 Å². The van der Waals surface area contributed by atoms with Crippen molar-refractivity contribution in [2.45, 2.75) is 0 Å². The molecule has 0 spiro atoms. The molecule has 0 atom stereocenters. The zero-order chi connectivity index (χ0) is 22.8. The number of hydrogen-bond acceptors (Lipinski definition) is 6. The normalized spacial score (nSPS) is 11.3. The molecule has 3 aromatic carbocycles. The van der Waals surface area contributed by atoms with Crippen molar-refractivity contribution in [3.63, 3.8) is 0 Å². The van der Waals surface area contributed by atoms with Crippen molar-refractivity contribution in [3.8, 4) is 22.7 Å². The molecule has 33 heavy (non-hydrogen) atoms. The Bertz CT molecular complexity index is 1550. The Morgan fingerprint density at radius 1 is 0.879 bits per heavy atom. The van der Waals surface area contributed by atoms with Crippen LogP contribution in [0.1, 0.15) is 5.76 Å². The molecule has 0 aliphatic rings. The summed E-state index contributed by atoms with van der Waals surface area (Å²) in [5, 5.41) is 15.7. The minimum Gasteiger partial charge on any atom is -0.455 e. The largest absolute Gasteiger partial charge is 0.455 e. The van der Waals surface area contributed by atoms with E-state index in [-0.39, 0.29) is 11.2 Å². The Kier molecular flexibility index (Phi) is 5.08. The molecule has 0 radical (unpaired) electrons. The van der Waals surface area contributed by atoms with Crippen LogP contribution < -0.4 is 5.56 Å². The third-order valence-electron chi connectivity index (χ3n) is 5.08. The second kappa shape index (κ2) is 8.35. The predicted octanol–water partition coefficient (Wildman–Crippen LogP) is 5.11. The molecular weight excluding hydrogens is 420 g/mol. The summed E-state index contributed by atoms with van der Waals surface area (Å²) in [5.41, 5.74) is 1.74. The van der Waals surface area contributed by atoms with Crippen LogP contribution in [0, 0.1) is 10.1 Å². The minimum absolute atomic E-state index is 0.00344. The molecule has 0 saturated carbocycles. The smallest absolute Gasteiger partial charge is 0.282 e. The van der Waals surface area contributed by atoms with E-state index in [1.54, 1.807) is 42.5 Å². The fourth-order valence-electron chi connectivity index (χ4n) is 3.44. The quantitative estimate of drug-likeness (QED) is 0.216. The highest BCUT2D eigenvalue weighted by Crippen LogP contribution is 2.24. The van der Waals surface area contributed by atoms with Crippen LogP contribution in [-0.2, 0) is 0 Å². The Morgan fingerprint density at radius 2 is 1.61 bits per heavy atom. The molecule has 8 heteroatoms. The summed E-state index contributed by atoms with van der Waals surface area (Å²) < 4.78 is 7.07. The lowest BCUT2D eigenvalue weighted by atomic mass is 10.1. The maximum Gasteiger partial charge on any atom is 0.282 e. The van der Waals surface area contributed by atoms with Crippen LogP contribution in [-0.4, -0.2) is 20.8 Å². The SMILES string of the molecule is O=c1c2ccccc2nc(-c2ccccc2)n1N=Cc1ccc(-c2ccc([N+](=O)[O-])cc2)o1. The van der Waals surface area contributed by atoms with Crippen LogP contribution in [0.25, 0.3) is 33.6 Å². The minimum atomic E-state index is -0.455. The van der Waals surface area contributed by atoms with Gasteiger partial charge in [0.1, 0.15) is 11.5 Å². The van der Waals surface area contributed by atoms with Crippen LogP contribution in [0.15, 0.2) is 105 Å². The molecule has 0 fully saturated rings. The monoisotopic (exact) mass is 436 g/mol. The molecule has 0 aliphatic heterocycles. The van der Waals surface area contributed by atoms with E-state index >= 15 is 0 Å². The number of rotatable bonds is 5. The molecule has 8 nitrogen and oxygen atoms in total. The first kappa shape index (κ1) is 20.1. The van der Waals surface area contributed by atoms with Crippen LogP contribution in [0.5, 0.6) is 0 Å². The van der Waals surface area contributed by atoms with Crippen LogP contribution in [0.3, 0.4) is 0 Å². The van der Waals surface area contributed by atoms with Gasteiger partial charge < -0.3 is 4.42 Å². The zero-order valence-corrected chi connectivity index (χ0v) is 17.2. The number of furan rings is 1. The lowest BCUT2D eigenvalue weighted by Gasteiger charge is -2.09. The van der Waals surface area contributed by atoms with Crippen molar-refractivity contribution in [2.24, 2.45) is 5.10 Å². The zero-order valence-electron chi connectivity index (χ0n) is 17.2. The molecular formula is C25H16N4O4. The first-order chi connectivity index (χ1) is 16.1. The lowest BCUT2D eigenvalue weighted by Crippen LogP contribution is -2.20. The molecule has 0 aliphatic carbocycles. The van der Waals surface area contributed by atoms with Crippen molar-refractivity contribution < 1.29 is 9.34 Å². The number of aromatic nitrogens is 2. The highest BCUT2D eigenvalue weighted by atomic mass is 16.6. The van der Waals surface area contributed by atoms with Crippen molar-refractivity contribution in [3.05, 3.63) is 117 Å². The highest BCUT2D eigenvalue weighted by molar-refractivity contribution is 5.81. The molecule has 2 heterocycles. The van der Waals surface area contributed by atoms with Gasteiger partial charge in [0, 0.05) is 23.3 Å². The second-order valence-electron chi connectivity index (χ2n) is 7.19. The number of non-ortho nitro benzene ring substituents is 1. The maximum atomic E-state index is 13.2. The van der Waals surface area contributed by atoms with Crippen LogP contribution in [0.2, 0.25) is 0 Å². The average Bonchev–Trinajstić information content (AvgIpc) is 3.33. The van der Waals surface area contributed by atoms with E-state index in [1.165, 1.54) is 23.0 Å². The molecule has 5 aromatic rings. The number of fused-ring (bicyclic) bond motifs is 1. The molecule has 5 rings (SSSR count). The van der Waals surface area contributed by atoms with Gasteiger partial charge in [0.15, 0.2) is 5.82 Å². The topological polar surface area (TPSA) is 104 Å². The Labute approximate surface area is 187 Å². The molecule has 0 N–H and O–H groups in total. The Balaban J connectivity index is 1.54. The fourth-order valence-corrected chi connectivity index (χ4v) is 3.44. The van der Waals surface area contributed by atoms with Gasteiger partial charge >= 0.3 is 0 Å². The predicted molar refractivity (Wildman–Crippen MR) is 125 cm³/mol. The number of para-hydroxylation sites is 1. The summed E-state index contributed by atoms with van der Waals surface area (Å²) in [5.74, 6) is 1.36. The molecule has 2 aromatic heterocycles. The summed E-state index contributed by atoms with van der Waals surface area (Å²) in [6, 6.07) is 26.0. The maximum absolute atomic E-state index is 13.2. The highest BCUT2D eigenvalue weighted by Gasteiger charge is 2.12. The van der Waals surface area contributed by atoms with Crippen molar-refractivity contribution in [2.75, 3.05) is 0 Å². The van der Waals surface area contributed by atoms with E-state index < -0.39 is 4.92 Å². The molecule has 0 unspecified atom stereocenters. The summed E-state index contributed by atoms with van der Waals surface area (Å²) >= 11 is 0. The van der Waals surface area contributed by atoms with E-state index in [4.69, 9.17) is 4.42 Å². The summed E-state index contributed by atoms with van der Waals surface area (Å²) in [4.78, 5) is 28.2. The van der Waals surface area contributed by atoms with Crippen molar-refractivity contribution in [1.29, 1.82) is 0 Å². The van der Waals surface area contributed by atoms with Gasteiger partial charge in [0.05, 0.1) is 22.0 Å². The number of nitro groups is 1. The number of nitrogens with zero attached hydrogens (tertiary/aromatic N) is 4. The third kappa shape index (κ3) is 3.92. The molecule has 0 saturated heterocycles. The second-order valence-corrected chi connectivity index (χ2v) is 7.19. The number of hydrogen-bond donors (Lipinski definition) is 0. The standard InChI is InChI=1S/C25H16N4O4/c30-25-21-8-4-5-9-22(21)27-24(18-6-2-1-3-7-18)28(25)26-16-20-14-15-23(33-20)17-10-12-19(13-11-17)29(31)32/h1-16H. The molecule has 0 bridgehead atoms. The van der Waals surface area contributed by atoms with E-state index in [9.17, 15) is 14.9 Å². The first-order valence-corrected chi connectivity index (χ1v) is 10.1. The van der Waals surface area contributed by atoms with Crippen LogP contribution >= 0.6 is 0 Å². The van der Waals surface area contributed by atoms with E-state index in [2.05, 4.69) is 10.1 Å². The Hall–Kier alpha value is -4.85. The number of benzene rings is 3. The summed E-state index contributed by atoms with van der Waals surface area (Å²) in [7, 11) is 0. The van der Waals surface area contributed by atoms with Crippen molar-refractivity contribution in [1.82, 2.24) is 9.66 Å². The van der Waals surface area contributed by atoms with E-state index in [0.717, 1.165) is 5.56 Å². The van der Waals surface area contributed by atoms with Crippen molar-refractivity contribution >= 4 is 22.8 Å². The molecule has 160 valence electrons. The fraction of sp³-hybridized carbons (Fsp3) is 0. The van der Waals surface area contributed by atoms with Crippen LogP contribution in [0.4, 0.5) is 5.69 Å². The van der Waals surface area contributed by atoms with Gasteiger partial charge in [0.2, 0.25) is 0 Å². The third-order valence-corrected chi connectivity index (χ3v) is 5.08. The van der Waals surface area contributed by atoms with Gasteiger partial charge in [-0.15, -0.1) is 0 Å². The van der Waals surface area contributed by atoms with Gasteiger partial charge in [-0.25, -0.2) is 4.98 Å². The first-order valence-electron chi connectivity index (χ1n) is 10.1. The number of nitro benzene ring substituents is 1. The van der Waals surface area contributed by atoms with Gasteiger partial charge in [-0.1, -0.05) is 42.5 Å².